The number of benzene rings is 1. The fourth-order valence-corrected chi connectivity index (χ4v) is 1.67. The molecule has 0 fully saturated rings. The molecule has 0 bridgehead atoms. The Hall–Kier alpha value is -1.10. The summed E-state index contributed by atoms with van der Waals surface area (Å²) in [5.41, 5.74) is 6.99. The van der Waals surface area contributed by atoms with E-state index in [4.69, 9.17) is 5.73 Å². The minimum absolute atomic E-state index is 0.0414. The molecule has 0 aromatic heterocycles. The molecule has 1 atom stereocenters. The van der Waals surface area contributed by atoms with E-state index in [0.717, 1.165) is 0 Å². The predicted octanol–water partition coefficient (Wildman–Crippen LogP) is 3.87. The van der Waals surface area contributed by atoms with Gasteiger partial charge in [0.2, 0.25) is 0 Å². The zero-order valence-electron chi connectivity index (χ0n) is 9.52. The summed E-state index contributed by atoms with van der Waals surface area (Å²) in [4.78, 5) is 0. The maximum Gasteiger partial charge on any atom is 0.389 e. The molecular formula is C12H15F4N. The first-order valence-corrected chi connectivity index (χ1v) is 5.37. The molecule has 0 heterocycles. The van der Waals surface area contributed by atoms with Crippen molar-refractivity contribution in [1.29, 1.82) is 0 Å². The van der Waals surface area contributed by atoms with Crippen LogP contribution in [-0.4, -0.2) is 6.18 Å². The molecule has 2 N–H and O–H groups in total. The van der Waals surface area contributed by atoms with Crippen molar-refractivity contribution in [3.63, 3.8) is 0 Å². The Bertz CT molecular complexity index is 353. The third kappa shape index (κ3) is 5.17. The number of nitrogens with two attached hydrogens (primary N) is 1. The number of hydrogen-bond donors (Lipinski definition) is 1. The molecule has 0 amide bonds. The van der Waals surface area contributed by atoms with Gasteiger partial charge in [-0.15, -0.1) is 0 Å². The highest BCUT2D eigenvalue weighted by Gasteiger charge is 2.26. The molecule has 0 saturated carbocycles. The van der Waals surface area contributed by atoms with E-state index < -0.39 is 24.5 Å². The maximum atomic E-state index is 13.1. The molecule has 1 aromatic rings. The largest absolute Gasteiger partial charge is 0.389 e. The van der Waals surface area contributed by atoms with Crippen LogP contribution in [0, 0.1) is 12.7 Å². The molecule has 0 spiro atoms. The third-order valence-corrected chi connectivity index (χ3v) is 2.47. The molecule has 96 valence electrons. The first kappa shape index (κ1) is 14.0. The summed E-state index contributed by atoms with van der Waals surface area (Å²) >= 11 is 0. The first-order valence-electron chi connectivity index (χ1n) is 5.37. The molecular weight excluding hydrogens is 234 g/mol. The summed E-state index contributed by atoms with van der Waals surface area (Å²) in [6.45, 7) is 1.72. The lowest BCUT2D eigenvalue weighted by Gasteiger charge is -2.13. The van der Waals surface area contributed by atoms with Crippen molar-refractivity contribution in [2.45, 2.75) is 38.4 Å². The molecule has 0 radical (unpaired) electrons. The summed E-state index contributed by atoms with van der Waals surface area (Å²) in [6.07, 6.45) is -4.85. The molecule has 17 heavy (non-hydrogen) atoms. The van der Waals surface area contributed by atoms with Crippen LogP contribution in [0.15, 0.2) is 18.2 Å². The molecule has 0 saturated heterocycles. The molecule has 5 heteroatoms. The van der Waals surface area contributed by atoms with Crippen molar-refractivity contribution >= 4 is 0 Å². The van der Waals surface area contributed by atoms with Crippen molar-refractivity contribution in [3.8, 4) is 0 Å². The van der Waals surface area contributed by atoms with E-state index in [-0.39, 0.29) is 12.8 Å². The van der Waals surface area contributed by atoms with Crippen LogP contribution in [0.3, 0.4) is 0 Å². The van der Waals surface area contributed by atoms with Gasteiger partial charge in [-0.05, 0) is 43.0 Å². The van der Waals surface area contributed by atoms with E-state index in [0.29, 0.717) is 11.1 Å². The van der Waals surface area contributed by atoms with Crippen LogP contribution >= 0.6 is 0 Å². The zero-order valence-corrected chi connectivity index (χ0v) is 9.52. The number of halogens is 4. The van der Waals surface area contributed by atoms with Gasteiger partial charge in [0.1, 0.15) is 5.82 Å². The van der Waals surface area contributed by atoms with Gasteiger partial charge in [0, 0.05) is 12.5 Å². The fourth-order valence-electron chi connectivity index (χ4n) is 1.67. The standard InChI is InChI=1S/C12H15F4N/c1-8-5-9(7-10(13)6-8)11(17)3-2-4-12(14,15)16/h5-7,11H,2-4,17H2,1H3. The van der Waals surface area contributed by atoms with Gasteiger partial charge >= 0.3 is 6.18 Å². The summed E-state index contributed by atoms with van der Waals surface area (Å²) in [6, 6.07) is 3.77. The zero-order chi connectivity index (χ0) is 13.1. The number of aryl methyl sites for hydroxylation is 1. The lowest BCUT2D eigenvalue weighted by Crippen LogP contribution is -2.13. The first-order chi connectivity index (χ1) is 7.78. The predicted molar refractivity (Wildman–Crippen MR) is 58.0 cm³/mol. The normalized spacial score (nSPS) is 13.8. The Labute approximate surface area is 97.6 Å². The monoisotopic (exact) mass is 249 g/mol. The van der Waals surface area contributed by atoms with Gasteiger partial charge in [-0.25, -0.2) is 4.39 Å². The Balaban J connectivity index is 2.55. The van der Waals surface area contributed by atoms with Gasteiger partial charge in [0.25, 0.3) is 0 Å². The van der Waals surface area contributed by atoms with Crippen LogP contribution in [0.1, 0.15) is 36.4 Å². The van der Waals surface area contributed by atoms with Gasteiger partial charge in [0.05, 0.1) is 0 Å². The smallest absolute Gasteiger partial charge is 0.324 e. The average molecular weight is 249 g/mol. The maximum absolute atomic E-state index is 13.1. The van der Waals surface area contributed by atoms with Crippen LogP contribution in [0.2, 0.25) is 0 Å². The molecule has 1 rings (SSSR count). The Morgan fingerprint density at radius 2 is 1.88 bits per heavy atom. The van der Waals surface area contributed by atoms with E-state index in [2.05, 4.69) is 0 Å². The summed E-state index contributed by atoms with van der Waals surface area (Å²) in [5.74, 6) is -0.411. The van der Waals surface area contributed by atoms with E-state index in [1.54, 1.807) is 13.0 Å². The second-order valence-electron chi connectivity index (χ2n) is 4.18. The Morgan fingerprint density at radius 3 is 2.41 bits per heavy atom. The number of alkyl halides is 3. The molecule has 1 aromatic carbocycles. The second-order valence-corrected chi connectivity index (χ2v) is 4.18. The average Bonchev–Trinajstić information content (AvgIpc) is 2.13. The quantitative estimate of drug-likeness (QED) is 0.805. The molecule has 0 aliphatic heterocycles. The lowest BCUT2D eigenvalue weighted by atomic mass is 10.00. The van der Waals surface area contributed by atoms with Crippen LogP contribution < -0.4 is 5.73 Å². The number of rotatable bonds is 4. The minimum Gasteiger partial charge on any atom is -0.324 e. The van der Waals surface area contributed by atoms with E-state index in [9.17, 15) is 17.6 Å². The van der Waals surface area contributed by atoms with Crippen molar-refractivity contribution in [2.75, 3.05) is 0 Å². The topological polar surface area (TPSA) is 26.0 Å². The highest BCUT2D eigenvalue weighted by atomic mass is 19.4. The van der Waals surface area contributed by atoms with Crippen LogP contribution in [-0.2, 0) is 0 Å². The second kappa shape index (κ2) is 5.49. The SMILES string of the molecule is Cc1cc(F)cc(C(N)CCCC(F)(F)F)c1. The summed E-state index contributed by atoms with van der Waals surface area (Å²) in [5, 5.41) is 0. The van der Waals surface area contributed by atoms with Gasteiger partial charge in [-0.2, -0.15) is 13.2 Å². The fraction of sp³-hybridized carbons (Fsp3) is 0.500. The van der Waals surface area contributed by atoms with Crippen molar-refractivity contribution in [2.24, 2.45) is 5.73 Å². The lowest BCUT2D eigenvalue weighted by molar-refractivity contribution is -0.135. The molecule has 0 aliphatic rings. The molecule has 1 nitrogen and oxygen atoms in total. The van der Waals surface area contributed by atoms with Crippen LogP contribution in [0.4, 0.5) is 17.6 Å². The van der Waals surface area contributed by atoms with Crippen LogP contribution in [0.25, 0.3) is 0 Å². The molecule has 0 aliphatic carbocycles. The van der Waals surface area contributed by atoms with Crippen LogP contribution in [0.5, 0.6) is 0 Å². The number of hydrogen-bond acceptors (Lipinski definition) is 1. The van der Waals surface area contributed by atoms with Gasteiger partial charge in [-0.1, -0.05) is 6.07 Å². The van der Waals surface area contributed by atoms with Gasteiger partial charge in [0.15, 0.2) is 0 Å². The minimum atomic E-state index is -4.16. The summed E-state index contributed by atoms with van der Waals surface area (Å²) in [7, 11) is 0. The highest BCUT2D eigenvalue weighted by molar-refractivity contribution is 5.25. The highest BCUT2D eigenvalue weighted by Crippen LogP contribution is 2.25. The summed E-state index contributed by atoms with van der Waals surface area (Å²) < 4.78 is 48.9. The van der Waals surface area contributed by atoms with E-state index >= 15 is 0 Å². The van der Waals surface area contributed by atoms with Crippen molar-refractivity contribution in [3.05, 3.63) is 35.1 Å². The Kier molecular flexibility index (Phi) is 4.51. The Morgan fingerprint density at radius 1 is 1.24 bits per heavy atom. The molecule has 1 unspecified atom stereocenters. The van der Waals surface area contributed by atoms with Crippen molar-refractivity contribution < 1.29 is 17.6 Å². The van der Waals surface area contributed by atoms with E-state index in [1.165, 1.54) is 12.1 Å². The van der Waals surface area contributed by atoms with Gasteiger partial charge < -0.3 is 5.73 Å². The van der Waals surface area contributed by atoms with E-state index in [1.807, 2.05) is 0 Å². The van der Waals surface area contributed by atoms with Crippen molar-refractivity contribution in [1.82, 2.24) is 0 Å². The third-order valence-electron chi connectivity index (χ3n) is 2.47. The van der Waals surface area contributed by atoms with Gasteiger partial charge in [-0.3, -0.25) is 0 Å².